The normalized spacial score (nSPS) is 18.2. The monoisotopic (exact) mass is 728 g/mol. The van der Waals surface area contributed by atoms with E-state index in [4.69, 9.17) is 9.47 Å². The summed E-state index contributed by atoms with van der Waals surface area (Å²) < 4.78 is 92.8. The number of nitrogens with zero attached hydrogens (tertiary/aromatic N) is 4. The van der Waals surface area contributed by atoms with Crippen molar-refractivity contribution in [2.45, 2.75) is 63.1 Å². The largest absolute Gasteiger partial charge is 0.479 e. The van der Waals surface area contributed by atoms with Crippen molar-refractivity contribution >= 4 is 18.1 Å². The molecule has 0 atom stereocenters. The van der Waals surface area contributed by atoms with E-state index in [9.17, 15) is 40.7 Å². The number of ether oxygens (including phenoxy) is 2. The number of benzene rings is 2. The van der Waals surface area contributed by atoms with Crippen LogP contribution in [0.4, 0.5) is 26.3 Å². The van der Waals surface area contributed by atoms with Crippen LogP contribution in [0.2, 0.25) is 0 Å². The summed E-state index contributed by atoms with van der Waals surface area (Å²) in [4.78, 5) is 36.3. The highest BCUT2D eigenvalue weighted by molar-refractivity contribution is 5.82. The molecule has 6 heterocycles. The van der Waals surface area contributed by atoms with Crippen molar-refractivity contribution in [2.24, 2.45) is 0 Å². The van der Waals surface area contributed by atoms with Crippen LogP contribution in [0, 0.1) is 13.8 Å². The maximum absolute atomic E-state index is 12.8. The van der Waals surface area contributed by atoms with Crippen LogP contribution in [-0.2, 0) is 20.8 Å². The Morgan fingerprint density at radius 3 is 1.63 bits per heavy atom. The zero-order valence-electron chi connectivity index (χ0n) is 28.2. The van der Waals surface area contributed by atoms with E-state index in [0.29, 0.717) is 30.0 Å². The van der Waals surface area contributed by atoms with Crippen molar-refractivity contribution in [3.8, 4) is 22.9 Å². The molecule has 9 nitrogen and oxygen atoms in total. The predicted octanol–water partition coefficient (Wildman–Crippen LogP) is 6.93. The molecule has 0 saturated carbocycles. The number of carbonyl (C=O) groups excluding carboxylic acids is 3. The van der Waals surface area contributed by atoms with Gasteiger partial charge >= 0.3 is 24.2 Å². The van der Waals surface area contributed by atoms with Gasteiger partial charge in [-0.1, -0.05) is 24.3 Å². The summed E-state index contributed by atoms with van der Waals surface area (Å²) in [7, 11) is 0. The second kappa shape index (κ2) is 12.5. The fourth-order valence-corrected chi connectivity index (χ4v) is 8.05. The highest BCUT2D eigenvalue weighted by atomic mass is 19.4. The number of aryl methyl sites for hydroxylation is 2. The third-order valence-electron chi connectivity index (χ3n) is 10.3. The van der Waals surface area contributed by atoms with Crippen LogP contribution in [0.25, 0.3) is 11.4 Å². The number of alkyl halides is 6. The zero-order chi connectivity index (χ0) is 37.2. The van der Waals surface area contributed by atoms with Crippen LogP contribution in [0.1, 0.15) is 58.7 Å². The van der Waals surface area contributed by atoms with Crippen LogP contribution in [-0.4, -0.2) is 75.6 Å². The van der Waals surface area contributed by atoms with E-state index < -0.39 is 35.4 Å². The van der Waals surface area contributed by atoms with Crippen LogP contribution in [0.5, 0.6) is 11.5 Å². The molecule has 4 aliphatic heterocycles. The molecule has 8 rings (SSSR count). The van der Waals surface area contributed by atoms with Crippen LogP contribution in [0.15, 0.2) is 66.9 Å². The smallest absolute Gasteiger partial charge is 0.471 e. The van der Waals surface area contributed by atoms with Crippen molar-refractivity contribution in [3.63, 3.8) is 0 Å². The van der Waals surface area contributed by atoms with Crippen LogP contribution in [0.3, 0.4) is 0 Å². The van der Waals surface area contributed by atoms with Gasteiger partial charge < -0.3 is 28.4 Å². The van der Waals surface area contributed by atoms with Crippen molar-refractivity contribution in [2.75, 3.05) is 26.2 Å². The summed E-state index contributed by atoms with van der Waals surface area (Å²) in [6.45, 7) is 3.72. The van der Waals surface area contributed by atoms with Gasteiger partial charge in [-0.15, -0.1) is 0 Å². The molecule has 2 amide bonds. The van der Waals surface area contributed by atoms with Gasteiger partial charge in [-0.25, -0.2) is 0 Å². The maximum Gasteiger partial charge on any atom is 0.471 e. The van der Waals surface area contributed by atoms with E-state index in [1.165, 1.54) is 0 Å². The number of piperidine rings is 2. The molecule has 0 bridgehead atoms. The van der Waals surface area contributed by atoms with Crippen LogP contribution >= 0.6 is 0 Å². The van der Waals surface area contributed by atoms with Crippen molar-refractivity contribution in [1.29, 1.82) is 0 Å². The first-order valence-electron chi connectivity index (χ1n) is 16.7. The molecule has 2 fully saturated rings. The molecule has 274 valence electrons. The summed E-state index contributed by atoms with van der Waals surface area (Å²) in [6.07, 6.45) is -5.91. The van der Waals surface area contributed by atoms with Gasteiger partial charge in [0.1, 0.15) is 11.5 Å². The molecule has 2 spiro atoms. The Labute approximate surface area is 294 Å². The Balaban J connectivity index is 0.000000162. The Kier molecular flexibility index (Phi) is 8.45. The molecule has 2 aromatic carbocycles. The number of para-hydroxylation sites is 4. The fraction of sp³-hybridized carbons (Fsp3) is 0.378. The Morgan fingerprint density at radius 1 is 0.673 bits per heavy atom. The molecule has 52 heavy (non-hydrogen) atoms. The average Bonchev–Trinajstić information content (AvgIpc) is 3.69. The van der Waals surface area contributed by atoms with Crippen molar-refractivity contribution in [3.05, 3.63) is 95.1 Å². The lowest BCUT2D eigenvalue weighted by Gasteiger charge is -2.45. The first-order chi connectivity index (χ1) is 24.6. The summed E-state index contributed by atoms with van der Waals surface area (Å²) in [5.74, 6) is -2.32. The Bertz CT molecular complexity index is 2050. The highest BCUT2D eigenvalue weighted by Gasteiger charge is 2.51. The Hall–Kier alpha value is -5.21. The van der Waals surface area contributed by atoms with E-state index in [1.54, 1.807) is 18.2 Å². The van der Waals surface area contributed by atoms with Gasteiger partial charge in [0.25, 0.3) is 0 Å². The Morgan fingerprint density at radius 2 is 1.13 bits per heavy atom. The second-order valence-corrected chi connectivity index (χ2v) is 13.5. The number of likely N-dealkylation sites (tertiary alicyclic amines) is 2. The van der Waals surface area contributed by atoms with Gasteiger partial charge in [-0.05, 0) is 61.4 Å². The number of hydrogen-bond acceptors (Lipinski definition) is 5. The molecule has 4 aliphatic rings. The van der Waals surface area contributed by atoms with E-state index in [0.717, 1.165) is 50.0 Å². The molecule has 0 aliphatic carbocycles. The highest BCUT2D eigenvalue weighted by Crippen LogP contribution is 2.48. The van der Waals surface area contributed by atoms with Crippen molar-refractivity contribution in [1.82, 2.24) is 18.9 Å². The minimum atomic E-state index is -4.88. The predicted molar refractivity (Wildman–Crippen MR) is 175 cm³/mol. The molecule has 0 radical (unpaired) electrons. The molecule has 15 heteroatoms. The second-order valence-electron chi connectivity index (χ2n) is 13.5. The fourth-order valence-electron chi connectivity index (χ4n) is 8.05. The molecule has 2 saturated heterocycles. The minimum absolute atomic E-state index is 0.0190. The lowest BCUT2D eigenvalue weighted by atomic mass is 9.84. The van der Waals surface area contributed by atoms with Gasteiger partial charge in [0.15, 0.2) is 17.5 Å². The quantitative estimate of drug-likeness (QED) is 0.157. The third-order valence-corrected chi connectivity index (χ3v) is 10.3. The lowest BCUT2D eigenvalue weighted by Crippen LogP contribution is -2.52. The SMILES string of the molecule is Cc1cc(C=O)n2c1C1(CCN(C(=O)C(F)(F)F)CC1)Oc1ccccc1-2.Cc1ccn2c1C1(CCN(C(=O)C(F)(F)F)CC1)Oc1ccccc1-2. The number of hydrogen-bond donors (Lipinski definition) is 0. The number of halogens is 6. The first kappa shape index (κ1) is 35.2. The summed E-state index contributed by atoms with van der Waals surface area (Å²) >= 11 is 0. The molecule has 0 N–H and O–H groups in total. The van der Waals surface area contributed by atoms with Gasteiger partial charge in [0, 0.05) is 58.1 Å². The molecule has 0 unspecified atom stereocenters. The number of fused-ring (bicyclic) bond motifs is 8. The molecule has 4 aromatic rings. The molecular weight excluding hydrogens is 694 g/mol. The van der Waals surface area contributed by atoms with E-state index >= 15 is 0 Å². The van der Waals surface area contributed by atoms with Gasteiger partial charge in [-0.2, -0.15) is 26.3 Å². The van der Waals surface area contributed by atoms with E-state index in [-0.39, 0.29) is 39.0 Å². The number of aromatic nitrogens is 2. The average molecular weight is 729 g/mol. The van der Waals surface area contributed by atoms with E-state index in [1.807, 2.05) is 67.1 Å². The van der Waals surface area contributed by atoms with Crippen LogP contribution < -0.4 is 9.47 Å². The first-order valence-corrected chi connectivity index (χ1v) is 16.7. The topological polar surface area (TPSA) is 86.0 Å². The van der Waals surface area contributed by atoms with E-state index in [2.05, 4.69) is 4.57 Å². The van der Waals surface area contributed by atoms with Gasteiger partial charge in [0.05, 0.1) is 28.5 Å². The zero-order valence-corrected chi connectivity index (χ0v) is 28.2. The number of carbonyl (C=O) groups is 3. The minimum Gasteiger partial charge on any atom is -0.479 e. The molecular formula is C37H34F6N4O5. The summed E-state index contributed by atoms with van der Waals surface area (Å²) in [6, 6.07) is 18.6. The van der Waals surface area contributed by atoms with Crippen molar-refractivity contribution < 1.29 is 50.2 Å². The van der Waals surface area contributed by atoms with Gasteiger partial charge in [0.2, 0.25) is 0 Å². The number of amides is 2. The molecule has 2 aromatic heterocycles. The summed E-state index contributed by atoms with van der Waals surface area (Å²) in [5, 5.41) is 0. The lowest BCUT2D eigenvalue weighted by molar-refractivity contribution is -0.188. The standard InChI is InChI=1S/C19H17F3N2O3.C18H17F3N2O2/c1-12-10-13(11-25)24-14-4-2-3-5-15(14)27-18(16(12)24)6-8-23(9-7-18)17(26)19(20,21)22;1-12-6-9-23-13-4-2-3-5-14(13)25-17(15(12)23)7-10-22(11-8-17)16(24)18(19,20)21/h2-5,10-11H,6-9H2,1H3;2-6,9H,7-8,10-11H2,1H3. The summed E-state index contributed by atoms with van der Waals surface area (Å²) in [5.41, 5.74) is 4.13. The maximum atomic E-state index is 12.8. The van der Waals surface area contributed by atoms with Gasteiger partial charge in [-0.3, -0.25) is 14.4 Å². The number of aldehydes is 1. The number of rotatable bonds is 1. The third kappa shape index (κ3) is 5.79.